The van der Waals surface area contributed by atoms with Gasteiger partial charge in [0.15, 0.2) is 0 Å². The molecule has 0 saturated carbocycles. The van der Waals surface area contributed by atoms with Crippen LogP contribution in [0.2, 0.25) is 0 Å². The van der Waals surface area contributed by atoms with Crippen molar-refractivity contribution >= 4 is 31.9 Å². The van der Waals surface area contributed by atoms with E-state index < -0.39 is 0 Å². The highest BCUT2D eigenvalue weighted by atomic mass is 79.9. The predicted molar refractivity (Wildman–Crippen MR) is 167 cm³/mol. The number of hydrogen-bond acceptors (Lipinski definition) is 5. The van der Waals surface area contributed by atoms with Crippen molar-refractivity contribution in [2.24, 2.45) is 11.8 Å². The summed E-state index contributed by atoms with van der Waals surface area (Å²) < 4.78 is 20.9. The van der Waals surface area contributed by atoms with Crippen LogP contribution in [0.4, 0.5) is 0 Å². The fourth-order valence-electron chi connectivity index (χ4n) is 6.12. The smallest absolute Gasteiger partial charge is 0.125 e. The van der Waals surface area contributed by atoms with E-state index >= 15 is 0 Å². The number of nitrogens with zero attached hydrogens (tertiary/aromatic N) is 2. The molecule has 2 aliphatic heterocycles. The lowest BCUT2D eigenvalue weighted by Crippen LogP contribution is -2.41. The van der Waals surface area contributed by atoms with Gasteiger partial charge in [0, 0.05) is 47.0 Å². The fourth-order valence-corrected chi connectivity index (χ4v) is 7.50. The molecule has 0 aliphatic carbocycles. The molecule has 0 aromatic heterocycles. The quantitative estimate of drug-likeness (QED) is 0.222. The molecule has 7 heteroatoms. The maximum atomic E-state index is 6.29. The second-order valence-electron chi connectivity index (χ2n) is 11.6. The lowest BCUT2D eigenvalue weighted by Gasteiger charge is -2.33. The van der Waals surface area contributed by atoms with Gasteiger partial charge in [-0.2, -0.15) is 0 Å². The van der Waals surface area contributed by atoms with Gasteiger partial charge in [-0.15, -0.1) is 0 Å². The molecule has 2 saturated heterocycles. The van der Waals surface area contributed by atoms with E-state index in [-0.39, 0.29) is 0 Å². The minimum atomic E-state index is 0.582. The Morgan fingerprint density at radius 1 is 0.667 bits per heavy atom. The summed E-state index contributed by atoms with van der Waals surface area (Å²) in [4.78, 5) is 5.11. The molecule has 0 amide bonds. The Bertz CT molecular complexity index is 950. The zero-order valence-electron chi connectivity index (χ0n) is 24.2. The summed E-state index contributed by atoms with van der Waals surface area (Å²) in [6.07, 6.45) is 4.96. The SMILES string of the molecule is Cc1cc(Br)cc(C)c1OCC1CCCN(CCOCCN2CCCC(COc3c(C)cc(Br)cc3C)C2)C1. The van der Waals surface area contributed by atoms with Gasteiger partial charge >= 0.3 is 0 Å². The second kappa shape index (κ2) is 15.2. The number of rotatable bonds is 12. The highest BCUT2D eigenvalue weighted by Crippen LogP contribution is 2.30. The van der Waals surface area contributed by atoms with Gasteiger partial charge in [-0.25, -0.2) is 0 Å². The molecule has 0 N–H and O–H groups in total. The van der Waals surface area contributed by atoms with Gasteiger partial charge in [0.25, 0.3) is 0 Å². The zero-order valence-corrected chi connectivity index (χ0v) is 27.4. The lowest BCUT2D eigenvalue weighted by atomic mass is 9.99. The Balaban J connectivity index is 1.10. The first kappa shape index (κ1) is 30.8. The second-order valence-corrected chi connectivity index (χ2v) is 13.4. The number of likely N-dealkylation sites (tertiary alicyclic amines) is 2. The first-order valence-electron chi connectivity index (χ1n) is 14.6. The molecule has 2 atom stereocenters. The maximum absolute atomic E-state index is 6.29. The molecular formula is C32H46Br2N2O3. The lowest BCUT2D eigenvalue weighted by molar-refractivity contribution is 0.0517. The summed E-state index contributed by atoms with van der Waals surface area (Å²) >= 11 is 7.16. The number of ether oxygens (including phenoxy) is 3. The molecule has 2 unspecified atom stereocenters. The normalized spacial score (nSPS) is 20.8. The molecule has 39 heavy (non-hydrogen) atoms. The molecule has 0 radical (unpaired) electrons. The molecule has 2 fully saturated rings. The van der Waals surface area contributed by atoms with Crippen molar-refractivity contribution < 1.29 is 14.2 Å². The standard InChI is InChI=1S/C32H46Br2N2O3/c1-23-15-29(33)16-24(2)31(23)38-21-27-7-5-9-35(19-27)11-13-37-14-12-36-10-6-8-28(20-36)22-39-32-25(3)17-30(34)18-26(32)4/h15-18,27-28H,5-14,19-22H2,1-4H3. The third-order valence-electron chi connectivity index (χ3n) is 8.09. The molecular weight excluding hydrogens is 620 g/mol. The first-order valence-corrected chi connectivity index (χ1v) is 16.2. The van der Waals surface area contributed by atoms with Crippen LogP contribution < -0.4 is 9.47 Å². The number of halogens is 2. The van der Waals surface area contributed by atoms with E-state index in [1.165, 1.54) is 61.0 Å². The van der Waals surface area contributed by atoms with E-state index in [0.717, 1.165) is 73.1 Å². The van der Waals surface area contributed by atoms with Crippen LogP contribution in [0.15, 0.2) is 33.2 Å². The van der Waals surface area contributed by atoms with E-state index in [1.807, 2.05) is 0 Å². The van der Waals surface area contributed by atoms with Gasteiger partial charge in [-0.1, -0.05) is 31.9 Å². The van der Waals surface area contributed by atoms with Crippen molar-refractivity contribution in [3.8, 4) is 11.5 Å². The van der Waals surface area contributed by atoms with Gasteiger partial charge in [0.1, 0.15) is 11.5 Å². The third-order valence-corrected chi connectivity index (χ3v) is 9.00. The molecule has 5 nitrogen and oxygen atoms in total. The molecule has 216 valence electrons. The number of benzene rings is 2. The van der Waals surface area contributed by atoms with Gasteiger partial charge < -0.3 is 24.0 Å². The number of hydrogen-bond donors (Lipinski definition) is 0. The average Bonchev–Trinajstić information content (AvgIpc) is 2.88. The zero-order chi connectivity index (χ0) is 27.8. The average molecular weight is 667 g/mol. The van der Waals surface area contributed by atoms with Gasteiger partial charge in [0.2, 0.25) is 0 Å². The van der Waals surface area contributed by atoms with Crippen molar-refractivity contribution in [2.75, 3.05) is 65.7 Å². The Labute approximate surface area is 252 Å². The van der Waals surface area contributed by atoms with Crippen LogP contribution in [0.5, 0.6) is 11.5 Å². The minimum absolute atomic E-state index is 0.582. The van der Waals surface area contributed by atoms with Gasteiger partial charge in [0.05, 0.1) is 26.4 Å². The van der Waals surface area contributed by atoms with Crippen LogP contribution in [0, 0.1) is 39.5 Å². The van der Waals surface area contributed by atoms with Crippen LogP contribution in [-0.2, 0) is 4.74 Å². The highest BCUT2D eigenvalue weighted by Gasteiger charge is 2.22. The van der Waals surface area contributed by atoms with E-state index in [1.54, 1.807) is 0 Å². The summed E-state index contributed by atoms with van der Waals surface area (Å²) in [6, 6.07) is 8.54. The molecule has 2 aromatic carbocycles. The molecule has 2 heterocycles. The topological polar surface area (TPSA) is 34.2 Å². The minimum Gasteiger partial charge on any atom is -0.493 e. The van der Waals surface area contributed by atoms with Crippen molar-refractivity contribution in [1.82, 2.24) is 9.80 Å². The van der Waals surface area contributed by atoms with Gasteiger partial charge in [-0.3, -0.25) is 0 Å². The Morgan fingerprint density at radius 2 is 1.05 bits per heavy atom. The summed E-state index contributed by atoms with van der Waals surface area (Å²) in [6.45, 7) is 18.3. The summed E-state index contributed by atoms with van der Waals surface area (Å²) in [5.41, 5.74) is 4.80. The van der Waals surface area contributed by atoms with Gasteiger partial charge in [-0.05, 0) is 113 Å². The van der Waals surface area contributed by atoms with Crippen molar-refractivity contribution in [3.05, 3.63) is 55.5 Å². The summed E-state index contributed by atoms with van der Waals surface area (Å²) in [7, 11) is 0. The third kappa shape index (κ3) is 9.46. The van der Waals surface area contributed by atoms with Crippen molar-refractivity contribution in [2.45, 2.75) is 53.4 Å². The highest BCUT2D eigenvalue weighted by molar-refractivity contribution is 9.10. The first-order chi connectivity index (χ1) is 18.8. The maximum Gasteiger partial charge on any atom is 0.125 e. The van der Waals surface area contributed by atoms with E-state index in [9.17, 15) is 0 Å². The molecule has 0 spiro atoms. The number of aryl methyl sites for hydroxylation is 4. The molecule has 0 bridgehead atoms. The Kier molecular flexibility index (Phi) is 12.0. The summed E-state index contributed by atoms with van der Waals surface area (Å²) in [5.74, 6) is 3.25. The van der Waals surface area contributed by atoms with E-state index in [4.69, 9.17) is 14.2 Å². The summed E-state index contributed by atoms with van der Waals surface area (Å²) in [5, 5.41) is 0. The van der Waals surface area contributed by atoms with Crippen LogP contribution in [0.3, 0.4) is 0 Å². The fraction of sp³-hybridized carbons (Fsp3) is 0.625. The monoisotopic (exact) mass is 664 g/mol. The molecule has 4 rings (SSSR count). The van der Waals surface area contributed by atoms with Crippen molar-refractivity contribution in [1.29, 1.82) is 0 Å². The van der Waals surface area contributed by atoms with E-state index in [2.05, 4.69) is 93.6 Å². The van der Waals surface area contributed by atoms with Crippen molar-refractivity contribution in [3.63, 3.8) is 0 Å². The van der Waals surface area contributed by atoms with E-state index in [0.29, 0.717) is 11.8 Å². The van der Waals surface area contributed by atoms with Crippen LogP contribution in [0.1, 0.15) is 47.9 Å². The Hall–Kier alpha value is -1.12. The van der Waals surface area contributed by atoms with Crippen LogP contribution >= 0.6 is 31.9 Å². The number of piperidine rings is 2. The van der Waals surface area contributed by atoms with Crippen LogP contribution in [0.25, 0.3) is 0 Å². The van der Waals surface area contributed by atoms with Crippen LogP contribution in [-0.4, -0.2) is 75.5 Å². The largest absolute Gasteiger partial charge is 0.493 e. The Morgan fingerprint density at radius 3 is 1.44 bits per heavy atom. The predicted octanol–water partition coefficient (Wildman–Crippen LogP) is 7.34. The molecule has 2 aliphatic rings. The molecule has 2 aromatic rings.